The number of benzene rings is 1. The van der Waals surface area contributed by atoms with E-state index in [0.717, 1.165) is 0 Å². The molecule has 0 N–H and O–H groups in total. The lowest BCUT2D eigenvalue weighted by Crippen LogP contribution is -2.21. The summed E-state index contributed by atoms with van der Waals surface area (Å²) < 4.78 is 5.46. The number of carbonyl (C=O) groups is 1. The van der Waals surface area contributed by atoms with E-state index in [2.05, 4.69) is 0 Å². The molecule has 1 aromatic carbocycles. The summed E-state index contributed by atoms with van der Waals surface area (Å²) in [4.78, 5) is 12.9. The predicted octanol–water partition coefficient (Wildman–Crippen LogP) is 2.46. The van der Waals surface area contributed by atoms with Gasteiger partial charge in [-0.3, -0.25) is 4.79 Å². The summed E-state index contributed by atoms with van der Waals surface area (Å²) in [6.07, 6.45) is 1.03. The molecule has 0 fully saturated rings. The molecule has 1 amide bonds. The number of carbonyl (C=O) groups excluding carboxylic acids is 1. The molecule has 1 rings (SSSR count). The summed E-state index contributed by atoms with van der Waals surface area (Å²) in [5, 5.41) is 9.41. The molecule has 0 aliphatic rings. The minimum absolute atomic E-state index is 0.0604. The van der Waals surface area contributed by atoms with Crippen molar-refractivity contribution in [1.82, 2.24) is 4.90 Å². The molecule has 0 saturated carbocycles. The quantitative estimate of drug-likeness (QED) is 0.770. The highest BCUT2D eigenvalue weighted by molar-refractivity contribution is 6.30. The topological polar surface area (TPSA) is 53.3 Å². The highest BCUT2D eigenvalue weighted by Crippen LogP contribution is 2.22. The van der Waals surface area contributed by atoms with E-state index in [1.165, 1.54) is 0 Å². The average Bonchev–Trinajstić information content (AvgIpc) is 2.34. The van der Waals surface area contributed by atoms with Gasteiger partial charge in [-0.2, -0.15) is 5.26 Å². The average molecular weight is 267 g/mol. The molecule has 4 nitrogen and oxygen atoms in total. The van der Waals surface area contributed by atoms with Gasteiger partial charge in [0.1, 0.15) is 11.8 Å². The SMILES string of the molecule is CN(C)C(=O)CCCOc1cc(Cl)ccc1C#N. The number of nitrogens with zero attached hydrogens (tertiary/aromatic N) is 2. The number of rotatable bonds is 5. The Hall–Kier alpha value is -1.73. The fourth-order valence-electron chi connectivity index (χ4n) is 1.34. The van der Waals surface area contributed by atoms with Gasteiger partial charge in [0.25, 0.3) is 0 Å². The normalized spacial score (nSPS) is 9.67. The van der Waals surface area contributed by atoms with Crippen LogP contribution in [0.4, 0.5) is 0 Å². The van der Waals surface area contributed by atoms with Crippen LogP contribution in [0.5, 0.6) is 5.75 Å². The van der Waals surface area contributed by atoms with Crippen LogP contribution < -0.4 is 4.74 Å². The van der Waals surface area contributed by atoms with Gasteiger partial charge in [-0.25, -0.2) is 0 Å². The van der Waals surface area contributed by atoms with Crippen LogP contribution >= 0.6 is 11.6 Å². The Kier molecular flexibility index (Phi) is 5.47. The first kappa shape index (κ1) is 14.3. The van der Waals surface area contributed by atoms with Crippen LogP contribution in [-0.2, 0) is 4.79 Å². The summed E-state index contributed by atoms with van der Waals surface area (Å²) in [6.45, 7) is 0.384. The van der Waals surface area contributed by atoms with Crippen molar-refractivity contribution in [2.75, 3.05) is 20.7 Å². The molecule has 1 aromatic rings. The van der Waals surface area contributed by atoms with Gasteiger partial charge in [-0.05, 0) is 18.6 Å². The van der Waals surface area contributed by atoms with E-state index in [4.69, 9.17) is 21.6 Å². The Morgan fingerprint density at radius 3 is 2.83 bits per heavy atom. The van der Waals surface area contributed by atoms with Gasteiger partial charge in [0.2, 0.25) is 5.91 Å². The molecule has 0 aliphatic carbocycles. The van der Waals surface area contributed by atoms with Crippen molar-refractivity contribution in [2.45, 2.75) is 12.8 Å². The molecule has 0 radical (unpaired) electrons. The summed E-state index contributed by atoms with van der Waals surface area (Å²) in [5.41, 5.74) is 0.443. The zero-order chi connectivity index (χ0) is 13.5. The Balaban J connectivity index is 2.47. The second kappa shape index (κ2) is 6.87. The summed E-state index contributed by atoms with van der Waals surface area (Å²) in [7, 11) is 3.43. The van der Waals surface area contributed by atoms with Gasteiger partial charge < -0.3 is 9.64 Å². The van der Waals surface area contributed by atoms with Crippen molar-refractivity contribution in [3.63, 3.8) is 0 Å². The third-order valence-electron chi connectivity index (χ3n) is 2.36. The number of hydrogen-bond donors (Lipinski definition) is 0. The molecule has 0 bridgehead atoms. The van der Waals surface area contributed by atoms with Gasteiger partial charge in [-0.1, -0.05) is 11.6 Å². The smallest absolute Gasteiger partial charge is 0.222 e. The molecular formula is C13H15ClN2O2. The standard InChI is InChI=1S/C13H15ClN2O2/c1-16(2)13(17)4-3-7-18-12-8-11(14)6-5-10(12)9-15/h5-6,8H,3-4,7H2,1-2H3. The van der Waals surface area contributed by atoms with E-state index >= 15 is 0 Å². The van der Waals surface area contributed by atoms with E-state index in [-0.39, 0.29) is 5.91 Å². The number of halogens is 1. The van der Waals surface area contributed by atoms with Crippen LogP contribution in [0.25, 0.3) is 0 Å². The first-order valence-corrected chi connectivity index (χ1v) is 5.95. The Morgan fingerprint density at radius 1 is 1.50 bits per heavy atom. The number of hydrogen-bond acceptors (Lipinski definition) is 3. The molecule has 0 aromatic heterocycles. The zero-order valence-electron chi connectivity index (χ0n) is 10.4. The van der Waals surface area contributed by atoms with Crippen molar-refractivity contribution < 1.29 is 9.53 Å². The molecule has 18 heavy (non-hydrogen) atoms. The van der Waals surface area contributed by atoms with Crippen LogP contribution in [0.3, 0.4) is 0 Å². The summed E-state index contributed by atoms with van der Waals surface area (Å²) in [5.74, 6) is 0.521. The van der Waals surface area contributed by atoms with Crippen LogP contribution in [0.2, 0.25) is 5.02 Å². The molecule has 0 saturated heterocycles. The Morgan fingerprint density at radius 2 is 2.22 bits per heavy atom. The van der Waals surface area contributed by atoms with Crippen molar-refractivity contribution in [1.29, 1.82) is 5.26 Å². The third kappa shape index (κ3) is 4.27. The minimum Gasteiger partial charge on any atom is -0.492 e. The highest BCUT2D eigenvalue weighted by atomic mass is 35.5. The van der Waals surface area contributed by atoms with Crippen LogP contribution in [0.1, 0.15) is 18.4 Å². The Bertz CT molecular complexity index is 467. The lowest BCUT2D eigenvalue weighted by Gasteiger charge is -2.11. The molecule has 96 valence electrons. The van der Waals surface area contributed by atoms with Crippen LogP contribution in [-0.4, -0.2) is 31.5 Å². The van der Waals surface area contributed by atoms with E-state index in [1.807, 2.05) is 6.07 Å². The van der Waals surface area contributed by atoms with Crippen molar-refractivity contribution >= 4 is 17.5 Å². The maximum atomic E-state index is 11.3. The van der Waals surface area contributed by atoms with Crippen molar-refractivity contribution in [3.8, 4) is 11.8 Å². The van der Waals surface area contributed by atoms with Gasteiger partial charge >= 0.3 is 0 Å². The monoisotopic (exact) mass is 266 g/mol. The van der Waals surface area contributed by atoms with Crippen LogP contribution in [0.15, 0.2) is 18.2 Å². The van der Waals surface area contributed by atoms with E-state index < -0.39 is 0 Å². The van der Waals surface area contributed by atoms with Gasteiger partial charge in [0.05, 0.1) is 12.2 Å². The van der Waals surface area contributed by atoms with Gasteiger partial charge in [0, 0.05) is 31.6 Å². The number of amides is 1. The number of ether oxygens (including phenoxy) is 1. The van der Waals surface area contributed by atoms with E-state index in [0.29, 0.717) is 35.8 Å². The molecule has 0 heterocycles. The maximum Gasteiger partial charge on any atom is 0.222 e. The molecular weight excluding hydrogens is 252 g/mol. The summed E-state index contributed by atoms with van der Waals surface area (Å²) in [6, 6.07) is 6.89. The second-order valence-corrected chi connectivity index (χ2v) is 4.43. The maximum absolute atomic E-state index is 11.3. The highest BCUT2D eigenvalue weighted by Gasteiger charge is 2.06. The predicted molar refractivity (Wildman–Crippen MR) is 69.6 cm³/mol. The zero-order valence-corrected chi connectivity index (χ0v) is 11.2. The molecule has 0 aliphatic heterocycles. The molecule has 0 unspecified atom stereocenters. The van der Waals surface area contributed by atoms with Crippen molar-refractivity contribution in [2.24, 2.45) is 0 Å². The third-order valence-corrected chi connectivity index (χ3v) is 2.59. The lowest BCUT2D eigenvalue weighted by atomic mass is 10.2. The first-order chi connectivity index (χ1) is 8.54. The van der Waals surface area contributed by atoms with Gasteiger partial charge in [0.15, 0.2) is 0 Å². The Labute approximate surface area is 112 Å². The molecule has 5 heteroatoms. The fraction of sp³-hybridized carbons (Fsp3) is 0.385. The molecule has 0 atom stereocenters. The van der Waals surface area contributed by atoms with E-state index in [1.54, 1.807) is 37.2 Å². The largest absolute Gasteiger partial charge is 0.492 e. The minimum atomic E-state index is 0.0604. The summed E-state index contributed by atoms with van der Waals surface area (Å²) >= 11 is 5.83. The lowest BCUT2D eigenvalue weighted by molar-refractivity contribution is -0.128. The van der Waals surface area contributed by atoms with Gasteiger partial charge in [-0.15, -0.1) is 0 Å². The fourth-order valence-corrected chi connectivity index (χ4v) is 1.50. The number of nitriles is 1. The second-order valence-electron chi connectivity index (χ2n) is 3.99. The molecule has 0 spiro atoms. The van der Waals surface area contributed by atoms with Crippen molar-refractivity contribution in [3.05, 3.63) is 28.8 Å². The van der Waals surface area contributed by atoms with Crippen LogP contribution in [0, 0.1) is 11.3 Å². The van der Waals surface area contributed by atoms with E-state index in [9.17, 15) is 4.79 Å². The first-order valence-electron chi connectivity index (χ1n) is 5.57.